The Labute approximate surface area is 115 Å². The maximum Gasteiger partial charge on any atom is 0.134 e. The molecule has 0 bridgehead atoms. The fourth-order valence-corrected chi connectivity index (χ4v) is 1.74. The zero-order chi connectivity index (χ0) is 13.4. The van der Waals surface area contributed by atoms with Crippen molar-refractivity contribution in [2.45, 2.75) is 33.6 Å². The van der Waals surface area contributed by atoms with Gasteiger partial charge >= 0.3 is 0 Å². The van der Waals surface area contributed by atoms with E-state index in [1.165, 1.54) is 12.0 Å². The second-order valence-corrected chi connectivity index (χ2v) is 5.09. The van der Waals surface area contributed by atoms with Crippen LogP contribution in [0.4, 0.5) is 0 Å². The highest BCUT2D eigenvalue weighted by atomic mass is 35.5. The van der Waals surface area contributed by atoms with E-state index < -0.39 is 0 Å². The smallest absolute Gasteiger partial charge is 0.134 e. The van der Waals surface area contributed by atoms with E-state index in [9.17, 15) is 0 Å². The Morgan fingerprint density at radius 2 is 2.11 bits per heavy atom. The second-order valence-electron chi connectivity index (χ2n) is 4.82. The third-order valence-corrected chi connectivity index (χ3v) is 2.74. The maximum atomic E-state index is 5.79. The minimum atomic E-state index is 0.348. The number of hydrogen-bond donors (Lipinski definition) is 0. The molecule has 0 saturated carbocycles. The van der Waals surface area contributed by atoms with Crippen LogP contribution >= 0.6 is 11.6 Å². The molecule has 18 heavy (non-hydrogen) atoms. The molecule has 1 rings (SSSR count). The third kappa shape index (κ3) is 5.47. The first-order chi connectivity index (χ1) is 8.63. The summed E-state index contributed by atoms with van der Waals surface area (Å²) in [4.78, 5) is 0. The molecule has 0 spiro atoms. The van der Waals surface area contributed by atoms with Crippen molar-refractivity contribution in [3.8, 4) is 17.6 Å². The van der Waals surface area contributed by atoms with Crippen molar-refractivity contribution in [1.82, 2.24) is 0 Å². The molecule has 0 aliphatic heterocycles. The SMILES string of the molecule is Cc1ccc(OCCCC(C)C)c(C#CCCl)c1. The van der Waals surface area contributed by atoms with E-state index in [-0.39, 0.29) is 0 Å². The molecule has 0 aliphatic rings. The third-order valence-electron chi connectivity index (χ3n) is 2.61. The van der Waals surface area contributed by atoms with Crippen molar-refractivity contribution in [2.24, 2.45) is 5.92 Å². The standard InChI is InChI=1S/C16H21ClO/c1-13(2)6-5-11-18-16-9-8-14(3)12-15(16)7-4-10-17/h8-9,12-13H,5-6,10-11H2,1-3H3. The Bertz CT molecular complexity index is 426. The zero-order valence-electron chi connectivity index (χ0n) is 11.4. The molecule has 0 unspecified atom stereocenters. The molecule has 2 heteroatoms. The summed E-state index contributed by atoms with van der Waals surface area (Å²) in [5.41, 5.74) is 2.11. The summed E-state index contributed by atoms with van der Waals surface area (Å²) in [7, 11) is 0. The highest BCUT2D eigenvalue weighted by Gasteiger charge is 2.02. The highest BCUT2D eigenvalue weighted by molar-refractivity contribution is 6.19. The molecule has 0 aromatic heterocycles. The molecule has 1 nitrogen and oxygen atoms in total. The van der Waals surface area contributed by atoms with E-state index in [0.29, 0.717) is 5.88 Å². The largest absolute Gasteiger partial charge is 0.492 e. The van der Waals surface area contributed by atoms with Gasteiger partial charge in [-0.2, -0.15) is 0 Å². The first kappa shape index (κ1) is 14.9. The summed E-state index contributed by atoms with van der Waals surface area (Å²) >= 11 is 5.59. The van der Waals surface area contributed by atoms with E-state index in [2.05, 4.69) is 32.6 Å². The predicted octanol–water partition coefficient (Wildman–Crippen LogP) is 4.40. The Balaban J connectivity index is 2.63. The summed E-state index contributed by atoms with van der Waals surface area (Å²) in [5, 5.41) is 0. The van der Waals surface area contributed by atoms with E-state index in [0.717, 1.165) is 30.3 Å². The van der Waals surface area contributed by atoms with Crippen LogP contribution in [0.25, 0.3) is 0 Å². The molecule has 0 amide bonds. The Hall–Kier alpha value is -1.13. The summed E-state index contributed by atoms with van der Waals surface area (Å²) < 4.78 is 5.79. The van der Waals surface area contributed by atoms with Crippen LogP contribution in [0, 0.1) is 24.7 Å². The summed E-state index contributed by atoms with van der Waals surface area (Å²) in [6, 6.07) is 6.07. The van der Waals surface area contributed by atoms with Crippen molar-refractivity contribution >= 4 is 11.6 Å². The molecule has 1 aromatic rings. The summed E-state index contributed by atoms with van der Waals surface area (Å²) in [5.74, 6) is 7.86. The lowest BCUT2D eigenvalue weighted by molar-refractivity contribution is 0.297. The topological polar surface area (TPSA) is 9.23 Å². The van der Waals surface area contributed by atoms with Crippen molar-refractivity contribution in [2.75, 3.05) is 12.5 Å². The van der Waals surface area contributed by atoms with Gasteiger partial charge in [0.05, 0.1) is 18.1 Å². The van der Waals surface area contributed by atoms with Crippen LogP contribution in [-0.2, 0) is 0 Å². The number of benzene rings is 1. The van der Waals surface area contributed by atoms with Crippen LogP contribution in [0.2, 0.25) is 0 Å². The van der Waals surface area contributed by atoms with Gasteiger partial charge in [0.25, 0.3) is 0 Å². The van der Waals surface area contributed by atoms with Crippen molar-refractivity contribution in [3.63, 3.8) is 0 Å². The van der Waals surface area contributed by atoms with Gasteiger partial charge in [-0.1, -0.05) is 31.8 Å². The van der Waals surface area contributed by atoms with Crippen LogP contribution in [0.1, 0.15) is 37.8 Å². The van der Waals surface area contributed by atoms with Crippen molar-refractivity contribution in [3.05, 3.63) is 29.3 Å². The van der Waals surface area contributed by atoms with Gasteiger partial charge < -0.3 is 4.74 Å². The fraction of sp³-hybridized carbons (Fsp3) is 0.500. The van der Waals surface area contributed by atoms with Crippen molar-refractivity contribution < 1.29 is 4.74 Å². The molecule has 0 radical (unpaired) electrons. The lowest BCUT2D eigenvalue weighted by Gasteiger charge is -2.10. The van der Waals surface area contributed by atoms with Crippen molar-refractivity contribution in [1.29, 1.82) is 0 Å². The lowest BCUT2D eigenvalue weighted by Crippen LogP contribution is -2.01. The normalized spacial score (nSPS) is 10.1. The minimum Gasteiger partial charge on any atom is -0.492 e. The average molecular weight is 265 g/mol. The van der Waals surface area contributed by atoms with E-state index in [1.807, 2.05) is 18.2 Å². The molecule has 0 fully saturated rings. The van der Waals surface area contributed by atoms with E-state index in [1.54, 1.807) is 0 Å². The Morgan fingerprint density at radius 1 is 1.33 bits per heavy atom. The predicted molar refractivity (Wildman–Crippen MR) is 78.3 cm³/mol. The van der Waals surface area contributed by atoms with Crippen LogP contribution in [0.5, 0.6) is 5.75 Å². The number of ether oxygens (including phenoxy) is 1. The maximum absolute atomic E-state index is 5.79. The minimum absolute atomic E-state index is 0.348. The highest BCUT2D eigenvalue weighted by Crippen LogP contribution is 2.19. The van der Waals surface area contributed by atoms with E-state index in [4.69, 9.17) is 16.3 Å². The number of hydrogen-bond acceptors (Lipinski definition) is 1. The number of alkyl halides is 1. The molecular formula is C16H21ClO. The fourth-order valence-electron chi connectivity index (χ4n) is 1.67. The Morgan fingerprint density at radius 3 is 2.78 bits per heavy atom. The number of rotatable bonds is 5. The molecule has 0 heterocycles. The van der Waals surface area contributed by atoms with Gasteiger partial charge in [-0.25, -0.2) is 0 Å². The second kappa shape index (κ2) is 8.06. The van der Waals surface area contributed by atoms with Crippen LogP contribution in [0.3, 0.4) is 0 Å². The van der Waals surface area contributed by atoms with Gasteiger partial charge in [0.15, 0.2) is 0 Å². The first-order valence-electron chi connectivity index (χ1n) is 6.41. The summed E-state index contributed by atoms with van der Waals surface area (Å²) in [6.07, 6.45) is 2.27. The zero-order valence-corrected chi connectivity index (χ0v) is 12.2. The monoisotopic (exact) mass is 264 g/mol. The molecule has 0 atom stereocenters. The van der Waals surface area contributed by atoms with Gasteiger partial charge in [0.2, 0.25) is 0 Å². The molecule has 0 saturated heterocycles. The summed E-state index contributed by atoms with van der Waals surface area (Å²) in [6.45, 7) is 7.25. The quantitative estimate of drug-likeness (QED) is 0.435. The van der Waals surface area contributed by atoms with Gasteiger partial charge in [-0.05, 0) is 43.4 Å². The molecule has 0 aliphatic carbocycles. The van der Waals surface area contributed by atoms with Gasteiger partial charge in [-0.15, -0.1) is 11.6 Å². The van der Waals surface area contributed by atoms with Gasteiger partial charge in [0, 0.05) is 0 Å². The molecular weight excluding hydrogens is 244 g/mol. The lowest BCUT2D eigenvalue weighted by atomic mass is 10.1. The van der Waals surface area contributed by atoms with Gasteiger partial charge in [-0.3, -0.25) is 0 Å². The molecule has 0 N–H and O–H groups in total. The number of halogens is 1. The van der Waals surface area contributed by atoms with E-state index >= 15 is 0 Å². The van der Waals surface area contributed by atoms with Crippen LogP contribution in [-0.4, -0.2) is 12.5 Å². The van der Waals surface area contributed by atoms with Crippen LogP contribution in [0.15, 0.2) is 18.2 Å². The van der Waals surface area contributed by atoms with Gasteiger partial charge in [0.1, 0.15) is 5.75 Å². The molecule has 98 valence electrons. The molecule has 1 aromatic carbocycles. The Kier molecular flexibility index (Phi) is 6.68. The number of aryl methyl sites for hydroxylation is 1. The first-order valence-corrected chi connectivity index (χ1v) is 6.95. The van der Waals surface area contributed by atoms with Crippen LogP contribution < -0.4 is 4.74 Å². The average Bonchev–Trinajstić information content (AvgIpc) is 2.33.